The van der Waals surface area contributed by atoms with Crippen LogP contribution >= 0.6 is 0 Å². The molecule has 0 saturated carbocycles. The first-order valence-electron chi connectivity index (χ1n) is 6.33. The summed E-state index contributed by atoms with van der Waals surface area (Å²) < 4.78 is 0. The van der Waals surface area contributed by atoms with Crippen molar-refractivity contribution in [2.75, 3.05) is 13.1 Å². The molecule has 0 amide bonds. The highest BCUT2D eigenvalue weighted by Gasteiger charge is 2.14. The molecular formula is C15H23NO2. The van der Waals surface area contributed by atoms with Crippen LogP contribution in [0.25, 0.3) is 0 Å². The van der Waals surface area contributed by atoms with Crippen LogP contribution in [0.1, 0.15) is 37.5 Å². The molecule has 18 heavy (non-hydrogen) atoms. The van der Waals surface area contributed by atoms with Crippen LogP contribution in [0.15, 0.2) is 18.2 Å². The molecule has 2 N–H and O–H groups in total. The zero-order valence-corrected chi connectivity index (χ0v) is 11.7. The van der Waals surface area contributed by atoms with E-state index in [1.165, 1.54) is 16.7 Å². The fourth-order valence-electron chi connectivity index (χ4n) is 1.86. The van der Waals surface area contributed by atoms with E-state index in [-0.39, 0.29) is 12.0 Å². The largest absolute Gasteiger partial charge is 0.480 e. The highest BCUT2D eigenvalue weighted by molar-refractivity contribution is 5.68. The van der Waals surface area contributed by atoms with Crippen molar-refractivity contribution in [1.29, 1.82) is 0 Å². The number of hydrogen-bond donors (Lipinski definition) is 2. The first kappa shape index (κ1) is 14.7. The minimum absolute atomic E-state index is 0.0269. The second kappa shape index (κ2) is 6.01. The Bertz CT molecular complexity index is 419. The Labute approximate surface area is 109 Å². The molecule has 1 rings (SSSR count). The second-order valence-electron chi connectivity index (χ2n) is 5.71. The number of rotatable bonds is 5. The molecule has 0 unspecified atom stereocenters. The van der Waals surface area contributed by atoms with Crippen LogP contribution in [0.5, 0.6) is 0 Å². The molecule has 3 nitrogen and oxygen atoms in total. The number of aliphatic carboxylic acids is 1. The molecule has 0 atom stereocenters. The molecule has 1 aromatic rings. The molecular weight excluding hydrogens is 226 g/mol. The van der Waals surface area contributed by atoms with Crippen molar-refractivity contribution in [3.05, 3.63) is 34.9 Å². The average molecular weight is 249 g/mol. The van der Waals surface area contributed by atoms with E-state index in [4.69, 9.17) is 5.11 Å². The molecule has 0 spiro atoms. The number of carboxylic acid groups (broad SMARTS) is 1. The third-order valence-corrected chi connectivity index (χ3v) is 3.06. The van der Waals surface area contributed by atoms with Gasteiger partial charge in [-0.05, 0) is 42.0 Å². The molecule has 0 aliphatic rings. The highest BCUT2D eigenvalue weighted by Crippen LogP contribution is 2.24. The van der Waals surface area contributed by atoms with Crippen molar-refractivity contribution >= 4 is 5.97 Å². The van der Waals surface area contributed by atoms with Crippen molar-refractivity contribution in [3.8, 4) is 0 Å². The zero-order chi connectivity index (χ0) is 13.8. The predicted molar refractivity (Wildman–Crippen MR) is 74.1 cm³/mol. The Morgan fingerprint density at radius 2 is 2.00 bits per heavy atom. The van der Waals surface area contributed by atoms with Gasteiger partial charge in [-0.3, -0.25) is 4.79 Å². The number of nitrogens with one attached hydrogen (secondary N) is 1. The van der Waals surface area contributed by atoms with Gasteiger partial charge in [0, 0.05) is 0 Å². The van der Waals surface area contributed by atoms with E-state index in [1.807, 2.05) is 0 Å². The average Bonchev–Trinajstić information content (AvgIpc) is 2.24. The van der Waals surface area contributed by atoms with Gasteiger partial charge in [-0.1, -0.05) is 39.0 Å². The van der Waals surface area contributed by atoms with E-state index < -0.39 is 5.97 Å². The van der Waals surface area contributed by atoms with Crippen molar-refractivity contribution < 1.29 is 9.90 Å². The smallest absolute Gasteiger partial charge is 0.317 e. The normalized spacial score (nSPS) is 11.6. The molecule has 0 radical (unpaired) electrons. The Morgan fingerprint density at radius 1 is 1.33 bits per heavy atom. The Morgan fingerprint density at radius 3 is 2.50 bits per heavy atom. The summed E-state index contributed by atoms with van der Waals surface area (Å²) in [7, 11) is 0. The minimum Gasteiger partial charge on any atom is -0.480 e. The van der Waals surface area contributed by atoms with E-state index in [9.17, 15) is 4.79 Å². The van der Waals surface area contributed by atoms with Gasteiger partial charge in [0.05, 0.1) is 6.54 Å². The fraction of sp³-hybridized carbons (Fsp3) is 0.533. The van der Waals surface area contributed by atoms with E-state index in [0.717, 1.165) is 6.42 Å². The third kappa shape index (κ3) is 4.49. The number of aryl methyl sites for hydroxylation is 1. The van der Waals surface area contributed by atoms with Gasteiger partial charge in [-0.25, -0.2) is 0 Å². The van der Waals surface area contributed by atoms with Gasteiger partial charge in [-0.15, -0.1) is 0 Å². The molecule has 0 bridgehead atoms. The Hall–Kier alpha value is -1.35. The molecule has 0 aromatic heterocycles. The van der Waals surface area contributed by atoms with Gasteiger partial charge in [0.25, 0.3) is 0 Å². The van der Waals surface area contributed by atoms with Crippen molar-refractivity contribution in [2.24, 2.45) is 0 Å². The highest BCUT2D eigenvalue weighted by atomic mass is 16.4. The molecule has 1 aromatic carbocycles. The van der Waals surface area contributed by atoms with Crippen molar-refractivity contribution in [1.82, 2.24) is 5.32 Å². The lowest BCUT2D eigenvalue weighted by molar-refractivity contribution is -0.135. The number of benzene rings is 1. The second-order valence-corrected chi connectivity index (χ2v) is 5.71. The number of hydrogen-bond acceptors (Lipinski definition) is 2. The van der Waals surface area contributed by atoms with Crippen LogP contribution in [0.3, 0.4) is 0 Å². The third-order valence-electron chi connectivity index (χ3n) is 3.06. The quantitative estimate of drug-likeness (QED) is 0.788. The summed E-state index contributed by atoms with van der Waals surface area (Å²) in [5, 5.41) is 11.4. The summed E-state index contributed by atoms with van der Waals surface area (Å²) in [5.41, 5.74) is 4.06. The first-order valence-corrected chi connectivity index (χ1v) is 6.33. The Kier molecular flexibility index (Phi) is 4.91. The van der Waals surface area contributed by atoms with Crippen LogP contribution in [-0.4, -0.2) is 24.2 Å². The van der Waals surface area contributed by atoms with Crippen LogP contribution < -0.4 is 5.32 Å². The van der Waals surface area contributed by atoms with Crippen LogP contribution in [0.4, 0.5) is 0 Å². The van der Waals surface area contributed by atoms with Gasteiger partial charge in [0.2, 0.25) is 0 Å². The van der Waals surface area contributed by atoms with Gasteiger partial charge in [0.1, 0.15) is 0 Å². The van der Waals surface area contributed by atoms with Crippen LogP contribution in [0, 0.1) is 6.92 Å². The lowest BCUT2D eigenvalue weighted by Gasteiger charge is -2.20. The Balaban J connectivity index is 2.60. The van der Waals surface area contributed by atoms with E-state index in [1.54, 1.807) is 0 Å². The van der Waals surface area contributed by atoms with Crippen LogP contribution in [0.2, 0.25) is 0 Å². The summed E-state index contributed by atoms with van der Waals surface area (Å²) in [5.74, 6) is -0.810. The maximum absolute atomic E-state index is 10.4. The van der Waals surface area contributed by atoms with Gasteiger partial charge in [-0.2, -0.15) is 0 Å². The number of carboxylic acids is 1. The maximum Gasteiger partial charge on any atom is 0.317 e. The molecule has 0 saturated heterocycles. The topological polar surface area (TPSA) is 49.3 Å². The minimum atomic E-state index is -0.810. The molecule has 3 heteroatoms. The van der Waals surface area contributed by atoms with E-state index in [0.29, 0.717) is 6.54 Å². The van der Waals surface area contributed by atoms with Gasteiger partial charge >= 0.3 is 5.97 Å². The summed E-state index contributed by atoms with van der Waals surface area (Å²) >= 11 is 0. The molecule has 0 fully saturated rings. The standard InChI is InChI=1S/C15H23NO2/c1-11-9-13(15(2,3)4)6-5-12(11)7-8-16-10-14(17)18/h5-6,9,16H,7-8,10H2,1-4H3,(H,17,18). The molecule has 0 heterocycles. The van der Waals surface area contributed by atoms with Crippen LogP contribution in [-0.2, 0) is 16.6 Å². The monoisotopic (exact) mass is 249 g/mol. The van der Waals surface area contributed by atoms with Crippen molar-refractivity contribution in [2.45, 2.75) is 39.5 Å². The lowest BCUT2D eigenvalue weighted by Crippen LogP contribution is -2.24. The zero-order valence-electron chi connectivity index (χ0n) is 11.7. The summed E-state index contributed by atoms with van der Waals surface area (Å²) in [6.07, 6.45) is 0.865. The fourth-order valence-corrected chi connectivity index (χ4v) is 1.86. The maximum atomic E-state index is 10.4. The molecule has 0 aliphatic heterocycles. The van der Waals surface area contributed by atoms with E-state index in [2.05, 4.69) is 51.2 Å². The molecule has 100 valence electrons. The lowest BCUT2D eigenvalue weighted by atomic mass is 9.85. The van der Waals surface area contributed by atoms with Crippen molar-refractivity contribution in [3.63, 3.8) is 0 Å². The van der Waals surface area contributed by atoms with Gasteiger partial charge in [0.15, 0.2) is 0 Å². The summed E-state index contributed by atoms with van der Waals surface area (Å²) in [4.78, 5) is 10.4. The van der Waals surface area contributed by atoms with Gasteiger partial charge < -0.3 is 10.4 Å². The summed E-state index contributed by atoms with van der Waals surface area (Å²) in [6, 6.07) is 6.55. The summed E-state index contributed by atoms with van der Waals surface area (Å²) in [6.45, 7) is 9.45. The first-order chi connectivity index (χ1) is 8.30. The SMILES string of the molecule is Cc1cc(C(C)(C)C)ccc1CCNCC(=O)O. The number of carbonyl (C=O) groups is 1. The predicted octanol–water partition coefficient (Wildman–Crippen LogP) is 2.51. The molecule has 0 aliphatic carbocycles. The van der Waals surface area contributed by atoms with E-state index >= 15 is 0 Å².